The Balaban J connectivity index is 0.000000128. The fourth-order valence-corrected chi connectivity index (χ4v) is 16.2. The van der Waals surface area contributed by atoms with E-state index < -0.39 is 19.7 Å². The van der Waals surface area contributed by atoms with E-state index in [1.54, 1.807) is 60.0 Å². The molecule has 0 amide bonds. The van der Waals surface area contributed by atoms with Crippen molar-refractivity contribution in [2.75, 3.05) is 50.1 Å². The Hall–Kier alpha value is -14.4. The average molecular weight is 1690 g/mol. The lowest BCUT2D eigenvalue weighted by Crippen LogP contribution is -2.24. The second kappa shape index (κ2) is 40.3. The van der Waals surface area contributed by atoms with Crippen LogP contribution in [0.15, 0.2) is 452 Å². The van der Waals surface area contributed by atoms with Crippen molar-refractivity contribution in [2.24, 2.45) is 7.05 Å². The van der Waals surface area contributed by atoms with E-state index in [2.05, 4.69) is 271 Å². The molecule has 3 aromatic heterocycles. The number of likely N-dealkylation sites (tertiary alicyclic amines) is 1. The third-order valence-electron chi connectivity index (χ3n) is 21.1. The van der Waals surface area contributed by atoms with Gasteiger partial charge in [-0.05, 0) is 214 Å². The molecule has 0 radical (unpaired) electrons. The smallest absolute Gasteiger partial charge is 0.255 e. The van der Waals surface area contributed by atoms with Gasteiger partial charge in [-0.15, -0.1) is 11.3 Å². The van der Waals surface area contributed by atoms with Crippen LogP contribution in [0, 0.1) is 27.7 Å². The van der Waals surface area contributed by atoms with Crippen molar-refractivity contribution in [1.29, 1.82) is 0 Å². The van der Waals surface area contributed by atoms with Crippen LogP contribution in [0.3, 0.4) is 0 Å². The van der Waals surface area contributed by atoms with E-state index in [9.17, 15) is 21.6 Å². The van der Waals surface area contributed by atoms with Crippen molar-refractivity contribution in [1.82, 2.24) is 24.2 Å². The zero-order valence-corrected chi connectivity index (χ0v) is 73.3. The van der Waals surface area contributed by atoms with E-state index in [0.29, 0.717) is 10.6 Å². The van der Waals surface area contributed by atoms with E-state index in [1.807, 2.05) is 144 Å². The maximum absolute atomic E-state index is 12.2. The summed E-state index contributed by atoms with van der Waals surface area (Å²) in [4.78, 5) is 29.9. The summed E-state index contributed by atoms with van der Waals surface area (Å²) in [5.41, 5.74) is 26.5. The normalized spacial score (nSPS) is 14.7. The summed E-state index contributed by atoms with van der Waals surface area (Å²) in [5, 5.41) is 7.52. The predicted molar refractivity (Wildman–Crippen MR) is 518 cm³/mol. The number of hydrogen-bond donors (Lipinski definition) is 0. The van der Waals surface area contributed by atoms with Crippen LogP contribution in [-0.2, 0) is 26.7 Å². The molecule has 9 aromatic carbocycles. The standard InChI is InChI=1S/C19H17NO2S.C19H17N.C18H19N3.C18H15NO3S.C16H14N2S.C16H18N2/c1-15-8-9-17(16-6-4-3-5-7-16)14-20(15)18-10-12-19(13-11-18)23(2,21)22;1-15-8-12-19(13-9-15)20-14-18(11-10-16(20)2)17-6-4-3-5-7-17;1-13-10-11-16(18-14(2)19-20(4)15(18)3)12-21(13)17-8-6-5-7-9-17;1-23(21,22)17-9-5-8-16(12-17)19-13-15(10-11-18(19)20)14-6-3-2-4-7-14;1-12-3-7-15(8-4-12)18-11-14(6-5-13(18)2)16-17-9-10-19-16;1-14-9-10-16(17-11-5-6-12-17)13-18(14)15-7-3-2-4-8-15/h3-14H,1H2,2H3;3-14H,2H2,1H3;5-12H,1H2,2-4H3;2-13H,1H3;3-11H,2H2,1H3;2-4,7-10,13H,1,5-6,11-12H2. The molecule has 0 N–H and O–H groups in total. The highest BCUT2D eigenvalue weighted by Crippen LogP contribution is 2.36. The van der Waals surface area contributed by atoms with E-state index >= 15 is 0 Å². The number of hydrogen-bond acceptors (Lipinski definition) is 14. The minimum Gasteiger partial charge on any atom is -0.370 e. The highest BCUT2D eigenvalue weighted by atomic mass is 32.2. The second-order valence-electron chi connectivity index (χ2n) is 30.2. The van der Waals surface area contributed by atoms with Crippen LogP contribution < -0.4 is 30.1 Å². The van der Waals surface area contributed by atoms with Crippen LogP contribution in [-0.4, -0.2) is 66.7 Å². The third-order valence-corrected chi connectivity index (χ3v) is 24.2. The van der Waals surface area contributed by atoms with Gasteiger partial charge in [-0.3, -0.25) is 14.0 Å². The van der Waals surface area contributed by atoms with Crippen LogP contribution >= 0.6 is 11.3 Å². The number of rotatable bonds is 14. The summed E-state index contributed by atoms with van der Waals surface area (Å²) in [6, 6.07) is 84.2. The number of aryl methyl sites for hydroxylation is 4. The van der Waals surface area contributed by atoms with Gasteiger partial charge in [-0.25, -0.2) is 21.8 Å². The topological polar surface area (TPSA) is 140 Å². The average Bonchev–Trinajstić information content (AvgIpc) is 1.73. The number of anilines is 5. The quantitative estimate of drug-likeness (QED) is 0.102. The van der Waals surface area contributed by atoms with Crippen LogP contribution in [0.2, 0.25) is 0 Å². The molecular formula is C106H100N10O5S3. The van der Waals surface area contributed by atoms with Gasteiger partial charge in [0.25, 0.3) is 5.56 Å². The molecule has 0 atom stereocenters. The Morgan fingerprint density at radius 2 is 0.758 bits per heavy atom. The lowest BCUT2D eigenvalue weighted by Gasteiger charge is -2.29. The summed E-state index contributed by atoms with van der Waals surface area (Å²) in [6.45, 7) is 31.2. The molecular weight excluding hydrogens is 1590 g/mol. The molecule has 6 aliphatic rings. The Bertz CT molecular complexity index is 6510. The second-order valence-corrected chi connectivity index (χ2v) is 35.1. The Kier molecular flexibility index (Phi) is 28.4. The monoisotopic (exact) mass is 1690 g/mol. The van der Waals surface area contributed by atoms with Crippen LogP contribution in [0.25, 0.3) is 39.1 Å². The fraction of sp³-hybridized carbons (Fsp3) is 0.104. The molecule has 1 fully saturated rings. The van der Waals surface area contributed by atoms with Crippen molar-refractivity contribution in [2.45, 2.75) is 50.3 Å². The molecule has 18 heteroatoms. The third kappa shape index (κ3) is 22.4. The molecule has 0 aliphatic carbocycles. The first-order valence-corrected chi connectivity index (χ1v) is 45.2. The molecule has 1 saturated heterocycles. The van der Waals surface area contributed by atoms with Crippen molar-refractivity contribution >= 4 is 81.7 Å². The SMILES string of the molecule is C=C1C=CC(N2CCCC2)=CN1c1ccccc1.C=C1C=CC(c2c(C)nn(C)c2C)=CN1c1ccccc1.C=C1C=CC(c2ccccc2)=CN1c1ccc(C)cc1.C=C1C=CC(c2ccccc2)=CN1c1ccc(S(C)(=O)=O)cc1.C=C1C=CC(c2nccs2)=CN1c1ccc(C)cc1.CS(=O)(=O)c1cccc(-n2cc(-c3ccccc3)ccc2=O)c1. The number of para-hydroxylation sites is 2. The number of sulfone groups is 2. The zero-order valence-electron chi connectivity index (χ0n) is 70.8. The van der Waals surface area contributed by atoms with E-state index in [0.717, 1.165) is 102 Å². The van der Waals surface area contributed by atoms with Gasteiger partial charge in [0.1, 0.15) is 5.01 Å². The Labute approximate surface area is 734 Å². The zero-order chi connectivity index (χ0) is 87.4. The number of thiazole rings is 1. The van der Waals surface area contributed by atoms with Gasteiger partial charge in [0, 0.05) is 173 Å². The Morgan fingerprint density at radius 1 is 0.371 bits per heavy atom. The van der Waals surface area contributed by atoms with Crippen LogP contribution in [0.4, 0.5) is 28.4 Å². The molecule has 0 bridgehead atoms. The van der Waals surface area contributed by atoms with Gasteiger partial charge < -0.3 is 29.4 Å². The first-order valence-electron chi connectivity index (χ1n) is 40.6. The Morgan fingerprint density at radius 3 is 1.19 bits per heavy atom. The van der Waals surface area contributed by atoms with E-state index in [-0.39, 0.29) is 10.5 Å². The summed E-state index contributed by atoms with van der Waals surface area (Å²) >= 11 is 1.64. The summed E-state index contributed by atoms with van der Waals surface area (Å²) in [6.07, 6.45) is 39.7. The minimum atomic E-state index is -3.32. The molecule has 124 heavy (non-hydrogen) atoms. The van der Waals surface area contributed by atoms with Gasteiger partial charge in [0.2, 0.25) is 0 Å². The van der Waals surface area contributed by atoms with Crippen molar-refractivity contribution < 1.29 is 16.8 Å². The number of benzene rings is 9. The molecule has 622 valence electrons. The van der Waals surface area contributed by atoms with Gasteiger partial charge in [0.15, 0.2) is 19.7 Å². The highest BCUT2D eigenvalue weighted by molar-refractivity contribution is 7.91. The number of pyridine rings is 1. The van der Waals surface area contributed by atoms with Gasteiger partial charge in [-0.2, -0.15) is 5.10 Å². The van der Waals surface area contributed by atoms with Crippen molar-refractivity contribution in [3.63, 3.8) is 0 Å². The van der Waals surface area contributed by atoms with E-state index in [1.165, 1.54) is 99.9 Å². The molecule has 12 aromatic rings. The molecule has 18 rings (SSSR count). The van der Waals surface area contributed by atoms with Crippen molar-refractivity contribution in [3.8, 4) is 16.8 Å². The van der Waals surface area contributed by atoms with Gasteiger partial charge in [-0.1, -0.05) is 220 Å². The van der Waals surface area contributed by atoms with Crippen LogP contribution in [0.1, 0.15) is 57.1 Å². The maximum atomic E-state index is 12.2. The maximum Gasteiger partial charge on any atom is 0.255 e. The first-order chi connectivity index (χ1) is 59.8. The van der Waals surface area contributed by atoms with E-state index in [4.69, 9.17) is 0 Å². The fourth-order valence-electron chi connectivity index (χ4n) is 14.2. The molecule has 0 saturated carbocycles. The molecule has 6 aliphatic heterocycles. The molecule has 0 unspecified atom stereocenters. The van der Waals surface area contributed by atoms with Crippen LogP contribution in [0.5, 0.6) is 0 Å². The predicted octanol–water partition coefficient (Wildman–Crippen LogP) is 23.7. The molecule has 15 nitrogen and oxygen atoms in total. The first kappa shape index (κ1) is 87.4. The molecule has 0 spiro atoms. The lowest BCUT2D eigenvalue weighted by molar-refractivity contribution is 0.438. The number of nitrogens with zero attached hydrogens (tertiary/aromatic N) is 10. The van der Waals surface area contributed by atoms with Gasteiger partial charge in [0.05, 0.1) is 21.2 Å². The van der Waals surface area contributed by atoms with Gasteiger partial charge >= 0.3 is 0 Å². The summed E-state index contributed by atoms with van der Waals surface area (Å²) in [7, 11) is -4.53. The number of aromatic nitrogens is 4. The largest absolute Gasteiger partial charge is 0.370 e. The minimum absolute atomic E-state index is 0.187. The lowest BCUT2D eigenvalue weighted by atomic mass is 10.0. The van der Waals surface area contributed by atoms with Crippen molar-refractivity contribution in [3.05, 3.63) is 492 Å². The summed E-state index contributed by atoms with van der Waals surface area (Å²) in [5.74, 6) is 0. The number of allylic oxidation sites excluding steroid dienone is 14. The summed E-state index contributed by atoms with van der Waals surface area (Å²) < 4.78 is 49.9. The highest BCUT2D eigenvalue weighted by Gasteiger charge is 2.23. The molecule has 9 heterocycles.